The number of rotatable bonds is 3. The van der Waals surface area contributed by atoms with Crippen LogP contribution in [0.15, 0.2) is 23.1 Å². The summed E-state index contributed by atoms with van der Waals surface area (Å²) < 4.78 is 26.8. The fourth-order valence-corrected chi connectivity index (χ4v) is 3.91. The Hall–Kier alpha value is -1.44. The van der Waals surface area contributed by atoms with Crippen molar-refractivity contribution in [1.82, 2.24) is 9.62 Å². The molecule has 1 unspecified atom stereocenters. The van der Waals surface area contributed by atoms with E-state index in [-0.39, 0.29) is 16.8 Å². The minimum Gasteiger partial charge on any atom is -0.326 e. The summed E-state index contributed by atoms with van der Waals surface area (Å²) in [5, 5.41) is 5.88. The van der Waals surface area contributed by atoms with Crippen molar-refractivity contribution >= 4 is 21.6 Å². The molecule has 116 valence electrons. The van der Waals surface area contributed by atoms with E-state index in [1.165, 1.54) is 17.3 Å². The lowest BCUT2D eigenvalue weighted by molar-refractivity contribution is -0.114. The van der Waals surface area contributed by atoms with E-state index in [1.807, 2.05) is 13.8 Å². The number of nitrogens with one attached hydrogen (secondary N) is 2. The number of anilines is 1. The minimum absolute atomic E-state index is 0.133. The van der Waals surface area contributed by atoms with Crippen LogP contribution in [0, 0.1) is 6.92 Å². The van der Waals surface area contributed by atoms with Crippen LogP contribution in [0.5, 0.6) is 0 Å². The molecule has 1 aromatic rings. The first-order valence-corrected chi connectivity index (χ1v) is 8.36. The molecule has 1 aliphatic rings. The summed E-state index contributed by atoms with van der Waals surface area (Å²) in [6, 6.07) is 4.96. The Morgan fingerprint density at radius 1 is 1.43 bits per heavy atom. The highest BCUT2D eigenvalue weighted by atomic mass is 32.2. The molecule has 1 amide bonds. The van der Waals surface area contributed by atoms with Gasteiger partial charge in [0.15, 0.2) is 0 Å². The van der Waals surface area contributed by atoms with E-state index in [9.17, 15) is 13.2 Å². The predicted molar refractivity (Wildman–Crippen MR) is 81.7 cm³/mol. The normalized spacial score (nSPS) is 20.2. The highest BCUT2D eigenvalue weighted by Gasteiger charge is 2.28. The third-order valence-corrected chi connectivity index (χ3v) is 5.35. The Morgan fingerprint density at radius 2 is 2.14 bits per heavy atom. The van der Waals surface area contributed by atoms with Gasteiger partial charge in [-0.3, -0.25) is 4.79 Å². The van der Waals surface area contributed by atoms with Crippen molar-refractivity contribution in [1.29, 1.82) is 0 Å². The topological polar surface area (TPSA) is 78.5 Å². The fraction of sp³-hybridized carbons (Fsp3) is 0.500. The molecule has 1 atom stereocenters. The van der Waals surface area contributed by atoms with Crippen molar-refractivity contribution in [3.63, 3.8) is 0 Å². The van der Waals surface area contributed by atoms with E-state index < -0.39 is 10.0 Å². The monoisotopic (exact) mass is 311 g/mol. The second-order valence-electron chi connectivity index (χ2n) is 5.38. The molecule has 0 radical (unpaired) electrons. The molecule has 1 aromatic carbocycles. The van der Waals surface area contributed by atoms with E-state index >= 15 is 0 Å². The van der Waals surface area contributed by atoms with Gasteiger partial charge in [0.05, 0.1) is 4.90 Å². The molecule has 1 fully saturated rings. The quantitative estimate of drug-likeness (QED) is 0.870. The maximum atomic E-state index is 12.7. The molecule has 0 saturated carbocycles. The minimum atomic E-state index is -3.53. The van der Waals surface area contributed by atoms with Crippen LogP contribution in [-0.2, 0) is 14.8 Å². The summed E-state index contributed by atoms with van der Waals surface area (Å²) in [5.74, 6) is -0.219. The zero-order valence-electron chi connectivity index (χ0n) is 12.5. The average molecular weight is 311 g/mol. The zero-order chi connectivity index (χ0) is 15.6. The van der Waals surface area contributed by atoms with Crippen molar-refractivity contribution in [2.45, 2.75) is 31.7 Å². The summed E-state index contributed by atoms with van der Waals surface area (Å²) in [6.45, 7) is 6.74. The zero-order valence-corrected chi connectivity index (χ0v) is 13.3. The second kappa shape index (κ2) is 6.13. The van der Waals surface area contributed by atoms with Crippen LogP contribution in [0.2, 0.25) is 0 Å². The van der Waals surface area contributed by atoms with Gasteiger partial charge in [0.25, 0.3) is 0 Å². The van der Waals surface area contributed by atoms with Crippen molar-refractivity contribution in [2.75, 3.05) is 25.0 Å². The lowest BCUT2D eigenvalue weighted by Gasteiger charge is -2.31. The summed E-state index contributed by atoms with van der Waals surface area (Å²) in [6.07, 6.45) is 0. The molecule has 0 aromatic heterocycles. The molecule has 0 bridgehead atoms. The van der Waals surface area contributed by atoms with E-state index in [2.05, 4.69) is 10.6 Å². The van der Waals surface area contributed by atoms with Gasteiger partial charge in [-0.05, 0) is 31.5 Å². The Bertz CT molecular complexity index is 643. The molecular weight excluding hydrogens is 290 g/mol. The van der Waals surface area contributed by atoms with E-state index in [4.69, 9.17) is 0 Å². The number of sulfonamides is 1. The molecular formula is C14H21N3O3S. The molecule has 21 heavy (non-hydrogen) atoms. The summed E-state index contributed by atoms with van der Waals surface area (Å²) in [7, 11) is -3.53. The number of carbonyl (C=O) groups is 1. The number of hydrogen-bond donors (Lipinski definition) is 2. The lowest BCUT2D eigenvalue weighted by atomic mass is 10.2. The Kier molecular flexibility index (Phi) is 4.65. The summed E-state index contributed by atoms with van der Waals surface area (Å²) in [4.78, 5) is 11.4. The van der Waals surface area contributed by atoms with Crippen molar-refractivity contribution in [2.24, 2.45) is 0 Å². The highest BCUT2D eigenvalue weighted by Crippen LogP contribution is 2.23. The van der Waals surface area contributed by atoms with Gasteiger partial charge >= 0.3 is 0 Å². The molecule has 1 saturated heterocycles. The molecule has 0 spiro atoms. The standard InChI is InChI=1S/C14H21N3O3S/c1-10-4-5-13(8-14(10)16-12(3)18)21(19,20)17-7-6-15-11(2)9-17/h4-5,8,11,15H,6-7,9H2,1-3H3,(H,16,18). The molecule has 2 N–H and O–H groups in total. The number of aryl methyl sites for hydroxylation is 1. The van der Waals surface area contributed by atoms with Crippen LogP contribution < -0.4 is 10.6 Å². The van der Waals surface area contributed by atoms with Crippen LogP contribution in [0.4, 0.5) is 5.69 Å². The number of benzene rings is 1. The maximum Gasteiger partial charge on any atom is 0.243 e. The van der Waals surface area contributed by atoms with Crippen LogP contribution in [0.25, 0.3) is 0 Å². The van der Waals surface area contributed by atoms with Crippen LogP contribution in [0.3, 0.4) is 0 Å². The van der Waals surface area contributed by atoms with Gasteiger partial charge in [0.1, 0.15) is 0 Å². The number of piperazine rings is 1. The molecule has 1 aliphatic heterocycles. The van der Waals surface area contributed by atoms with Gasteiger partial charge < -0.3 is 10.6 Å². The molecule has 6 nitrogen and oxygen atoms in total. The molecule has 2 rings (SSSR count). The SMILES string of the molecule is CC(=O)Nc1cc(S(=O)(=O)N2CCNC(C)C2)ccc1C. The van der Waals surface area contributed by atoms with Gasteiger partial charge in [0.2, 0.25) is 15.9 Å². The van der Waals surface area contributed by atoms with Gasteiger partial charge in [-0.2, -0.15) is 4.31 Å². The molecule has 7 heteroatoms. The van der Waals surface area contributed by atoms with E-state index in [0.29, 0.717) is 25.3 Å². The van der Waals surface area contributed by atoms with Crippen LogP contribution in [0.1, 0.15) is 19.4 Å². The Labute approximate surface area is 125 Å². The van der Waals surface area contributed by atoms with Crippen molar-refractivity contribution in [3.8, 4) is 0 Å². The summed E-state index contributed by atoms with van der Waals surface area (Å²) >= 11 is 0. The predicted octanol–water partition coefficient (Wildman–Crippen LogP) is 0.936. The number of carbonyl (C=O) groups excluding carboxylic acids is 1. The first-order chi connectivity index (χ1) is 9.80. The van der Waals surface area contributed by atoms with Gasteiger partial charge in [-0.1, -0.05) is 6.07 Å². The maximum absolute atomic E-state index is 12.7. The highest BCUT2D eigenvalue weighted by molar-refractivity contribution is 7.89. The second-order valence-corrected chi connectivity index (χ2v) is 7.31. The van der Waals surface area contributed by atoms with E-state index in [0.717, 1.165) is 5.56 Å². The third kappa shape index (κ3) is 3.61. The number of hydrogen-bond acceptors (Lipinski definition) is 4. The van der Waals surface area contributed by atoms with Gasteiger partial charge in [-0.15, -0.1) is 0 Å². The van der Waals surface area contributed by atoms with Gasteiger partial charge in [-0.25, -0.2) is 8.42 Å². The number of amides is 1. The fourth-order valence-electron chi connectivity index (χ4n) is 2.35. The lowest BCUT2D eigenvalue weighted by Crippen LogP contribution is -2.51. The van der Waals surface area contributed by atoms with Crippen LogP contribution >= 0.6 is 0 Å². The van der Waals surface area contributed by atoms with Crippen LogP contribution in [-0.4, -0.2) is 44.3 Å². The first-order valence-electron chi connectivity index (χ1n) is 6.92. The van der Waals surface area contributed by atoms with Gasteiger partial charge in [0, 0.05) is 38.3 Å². The molecule has 1 heterocycles. The smallest absolute Gasteiger partial charge is 0.243 e. The largest absolute Gasteiger partial charge is 0.326 e. The summed E-state index contributed by atoms with van der Waals surface area (Å²) in [5.41, 5.74) is 1.37. The average Bonchev–Trinajstić information content (AvgIpc) is 2.40. The van der Waals surface area contributed by atoms with Crippen molar-refractivity contribution in [3.05, 3.63) is 23.8 Å². The van der Waals surface area contributed by atoms with E-state index in [1.54, 1.807) is 12.1 Å². The Balaban J connectivity index is 2.33. The Morgan fingerprint density at radius 3 is 2.76 bits per heavy atom. The third-order valence-electron chi connectivity index (χ3n) is 3.49. The first kappa shape index (κ1) is 15.9. The van der Waals surface area contributed by atoms with Crippen molar-refractivity contribution < 1.29 is 13.2 Å². The number of nitrogens with zero attached hydrogens (tertiary/aromatic N) is 1. The molecule has 0 aliphatic carbocycles.